The molecule has 1 saturated carbocycles. The van der Waals surface area contributed by atoms with E-state index in [4.69, 9.17) is 10.5 Å². The van der Waals surface area contributed by atoms with E-state index in [2.05, 4.69) is 13.8 Å². The highest BCUT2D eigenvalue weighted by molar-refractivity contribution is 5.44. The first kappa shape index (κ1) is 14.8. The Kier molecular flexibility index (Phi) is 3.99. The van der Waals surface area contributed by atoms with Gasteiger partial charge in [0.2, 0.25) is 0 Å². The van der Waals surface area contributed by atoms with E-state index < -0.39 is 4.92 Å². The summed E-state index contributed by atoms with van der Waals surface area (Å²) in [6.45, 7) is 6.15. The van der Waals surface area contributed by atoms with E-state index in [0.717, 1.165) is 24.8 Å². The number of nitrogens with two attached hydrogens (primary N) is 1. The van der Waals surface area contributed by atoms with E-state index in [1.165, 1.54) is 12.1 Å². The Morgan fingerprint density at radius 2 is 2.10 bits per heavy atom. The van der Waals surface area contributed by atoms with Gasteiger partial charge in [-0.1, -0.05) is 13.8 Å². The van der Waals surface area contributed by atoms with Crippen LogP contribution in [0.3, 0.4) is 0 Å². The molecule has 1 aliphatic carbocycles. The SMILES string of the molecule is CCC1(CC)C(N)CC1Oc1cc([N+](=O)[O-])ccc1C. The van der Waals surface area contributed by atoms with Gasteiger partial charge in [-0.05, 0) is 31.4 Å². The molecular weight excluding hydrogens is 256 g/mol. The molecule has 0 bridgehead atoms. The van der Waals surface area contributed by atoms with Crippen molar-refractivity contribution >= 4 is 5.69 Å². The maximum absolute atomic E-state index is 10.9. The average Bonchev–Trinajstić information content (AvgIpc) is 2.41. The summed E-state index contributed by atoms with van der Waals surface area (Å²) in [5.74, 6) is 0.599. The van der Waals surface area contributed by atoms with Crippen molar-refractivity contribution in [2.45, 2.75) is 52.2 Å². The summed E-state index contributed by atoms with van der Waals surface area (Å²) in [4.78, 5) is 10.5. The third-order valence-corrected chi connectivity index (χ3v) is 4.82. The van der Waals surface area contributed by atoms with E-state index in [1.807, 2.05) is 6.92 Å². The van der Waals surface area contributed by atoms with Crippen LogP contribution in [0.1, 0.15) is 38.7 Å². The number of non-ortho nitro benzene ring substituents is 1. The zero-order chi connectivity index (χ0) is 14.9. The van der Waals surface area contributed by atoms with Crippen LogP contribution in [0.2, 0.25) is 0 Å². The second-order valence-corrected chi connectivity index (χ2v) is 5.60. The third-order valence-electron chi connectivity index (χ3n) is 4.82. The van der Waals surface area contributed by atoms with Crippen LogP contribution >= 0.6 is 0 Å². The summed E-state index contributed by atoms with van der Waals surface area (Å²) >= 11 is 0. The molecule has 1 aromatic rings. The van der Waals surface area contributed by atoms with Crippen LogP contribution in [0.15, 0.2) is 18.2 Å². The van der Waals surface area contributed by atoms with Gasteiger partial charge >= 0.3 is 0 Å². The van der Waals surface area contributed by atoms with Gasteiger partial charge in [-0.2, -0.15) is 0 Å². The lowest BCUT2D eigenvalue weighted by Gasteiger charge is -2.53. The molecule has 1 fully saturated rings. The van der Waals surface area contributed by atoms with E-state index in [9.17, 15) is 10.1 Å². The Hall–Kier alpha value is -1.62. The molecule has 2 atom stereocenters. The van der Waals surface area contributed by atoms with Crippen LogP contribution in [0.4, 0.5) is 5.69 Å². The normalized spacial score (nSPS) is 24.0. The highest BCUT2D eigenvalue weighted by Gasteiger charge is 2.52. The van der Waals surface area contributed by atoms with Crippen LogP contribution in [-0.4, -0.2) is 17.1 Å². The lowest BCUT2D eigenvalue weighted by molar-refractivity contribution is -0.385. The van der Waals surface area contributed by atoms with Crippen LogP contribution < -0.4 is 10.5 Å². The van der Waals surface area contributed by atoms with Crippen LogP contribution in [0, 0.1) is 22.5 Å². The van der Waals surface area contributed by atoms with Crippen LogP contribution in [-0.2, 0) is 0 Å². The summed E-state index contributed by atoms with van der Waals surface area (Å²) in [6, 6.07) is 4.89. The summed E-state index contributed by atoms with van der Waals surface area (Å²) in [5, 5.41) is 10.9. The number of hydrogen-bond donors (Lipinski definition) is 1. The number of nitro benzene ring substituents is 1. The van der Waals surface area contributed by atoms with Gasteiger partial charge < -0.3 is 10.5 Å². The minimum atomic E-state index is -0.397. The van der Waals surface area contributed by atoms with Gasteiger partial charge in [-0.15, -0.1) is 0 Å². The minimum Gasteiger partial charge on any atom is -0.489 e. The van der Waals surface area contributed by atoms with Crippen LogP contribution in [0.25, 0.3) is 0 Å². The maximum Gasteiger partial charge on any atom is 0.273 e. The van der Waals surface area contributed by atoms with Gasteiger partial charge in [0.05, 0.1) is 11.0 Å². The number of nitro groups is 1. The second kappa shape index (κ2) is 5.40. The fourth-order valence-corrected chi connectivity index (χ4v) is 3.16. The zero-order valence-corrected chi connectivity index (χ0v) is 12.3. The van der Waals surface area contributed by atoms with Crippen LogP contribution in [0.5, 0.6) is 5.75 Å². The predicted octanol–water partition coefficient (Wildman–Crippen LogP) is 3.19. The Bertz CT molecular complexity index is 512. The van der Waals surface area contributed by atoms with Gasteiger partial charge in [0, 0.05) is 23.9 Å². The van der Waals surface area contributed by atoms with Gasteiger partial charge in [0.25, 0.3) is 5.69 Å². The van der Waals surface area contributed by atoms with Crippen molar-refractivity contribution in [3.05, 3.63) is 33.9 Å². The number of ether oxygens (including phenoxy) is 1. The zero-order valence-electron chi connectivity index (χ0n) is 12.3. The Morgan fingerprint density at radius 1 is 1.45 bits per heavy atom. The molecule has 2 N–H and O–H groups in total. The number of nitrogens with zero attached hydrogens (tertiary/aromatic N) is 1. The maximum atomic E-state index is 10.9. The molecule has 2 unspecified atom stereocenters. The molecule has 5 nitrogen and oxygen atoms in total. The van der Waals surface area contributed by atoms with E-state index in [1.54, 1.807) is 6.07 Å². The number of aryl methyl sites for hydroxylation is 1. The van der Waals surface area contributed by atoms with Gasteiger partial charge in [0.1, 0.15) is 11.9 Å². The van der Waals surface area contributed by atoms with Crippen molar-refractivity contribution < 1.29 is 9.66 Å². The Balaban J connectivity index is 2.22. The van der Waals surface area contributed by atoms with Gasteiger partial charge in [-0.3, -0.25) is 10.1 Å². The first-order valence-corrected chi connectivity index (χ1v) is 7.12. The Morgan fingerprint density at radius 3 is 2.60 bits per heavy atom. The molecule has 5 heteroatoms. The monoisotopic (exact) mass is 278 g/mol. The van der Waals surface area contributed by atoms with Crippen molar-refractivity contribution in [3.63, 3.8) is 0 Å². The number of hydrogen-bond acceptors (Lipinski definition) is 4. The van der Waals surface area contributed by atoms with E-state index in [0.29, 0.717) is 5.75 Å². The van der Waals surface area contributed by atoms with Crippen molar-refractivity contribution in [1.29, 1.82) is 0 Å². The van der Waals surface area contributed by atoms with Crippen molar-refractivity contribution in [2.24, 2.45) is 11.1 Å². The molecule has 0 aromatic heterocycles. The summed E-state index contributed by atoms with van der Waals surface area (Å²) in [5.41, 5.74) is 7.12. The van der Waals surface area contributed by atoms with Crippen molar-refractivity contribution in [2.75, 3.05) is 0 Å². The topological polar surface area (TPSA) is 78.4 Å². The minimum absolute atomic E-state index is 0.00292. The number of rotatable bonds is 5. The lowest BCUT2D eigenvalue weighted by atomic mass is 9.59. The van der Waals surface area contributed by atoms with E-state index in [-0.39, 0.29) is 23.2 Å². The smallest absolute Gasteiger partial charge is 0.273 e. The van der Waals surface area contributed by atoms with E-state index >= 15 is 0 Å². The fourth-order valence-electron chi connectivity index (χ4n) is 3.16. The predicted molar refractivity (Wildman–Crippen MR) is 77.9 cm³/mol. The molecule has 0 amide bonds. The standard InChI is InChI=1S/C15H22N2O3/c1-4-15(5-2)13(16)9-14(15)20-12-8-11(17(18)19)7-6-10(12)3/h6-8,13-14H,4-5,9,16H2,1-3H3. The number of benzene rings is 1. The highest BCUT2D eigenvalue weighted by atomic mass is 16.6. The largest absolute Gasteiger partial charge is 0.489 e. The fraction of sp³-hybridized carbons (Fsp3) is 0.600. The first-order chi connectivity index (χ1) is 9.44. The Labute approximate surface area is 119 Å². The van der Waals surface area contributed by atoms with Crippen molar-refractivity contribution in [3.8, 4) is 5.75 Å². The molecule has 0 spiro atoms. The van der Waals surface area contributed by atoms with Crippen molar-refractivity contribution in [1.82, 2.24) is 0 Å². The first-order valence-electron chi connectivity index (χ1n) is 7.12. The molecule has 0 saturated heterocycles. The highest BCUT2D eigenvalue weighted by Crippen LogP contribution is 2.48. The molecule has 20 heavy (non-hydrogen) atoms. The molecule has 2 rings (SSSR count). The molecule has 1 aliphatic rings. The molecular formula is C15H22N2O3. The second-order valence-electron chi connectivity index (χ2n) is 5.60. The summed E-state index contributed by atoms with van der Waals surface area (Å²) in [7, 11) is 0. The quantitative estimate of drug-likeness (QED) is 0.662. The lowest BCUT2D eigenvalue weighted by Crippen LogP contribution is -2.63. The van der Waals surface area contributed by atoms with Gasteiger partial charge in [-0.25, -0.2) is 0 Å². The molecule has 110 valence electrons. The molecule has 0 radical (unpaired) electrons. The molecule has 1 aromatic carbocycles. The average molecular weight is 278 g/mol. The molecule has 0 aliphatic heterocycles. The summed E-state index contributed by atoms with van der Waals surface area (Å²) in [6.07, 6.45) is 2.78. The third kappa shape index (κ3) is 2.26. The summed E-state index contributed by atoms with van der Waals surface area (Å²) < 4.78 is 6.06. The molecule has 0 heterocycles. The van der Waals surface area contributed by atoms with Gasteiger partial charge in [0.15, 0.2) is 0 Å².